The molecule has 1 amide bonds. The summed E-state index contributed by atoms with van der Waals surface area (Å²) in [6.07, 6.45) is 4.41. The Morgan fingerprint density at radius 2 is 1.96 bits per heavy atom. The van der Waals surface area contributed by atoms with Gasteiger partial charge in [0.2, 0.25) is 5.91 Å². The maximum Gasteiger partial charge on any atom is 0.250 e. The SMILES string of the molecule is CCCCC1CC(CN(C(=O)CCC)c2ccccc2OCC)CCC1(F)F. The Bertz CT molecular complexity index is 620. The maximum atomic E-state index is 14.4. The highest BCUT2D eigenvalue weighted by Gasteiger charge is 2.44. The molecule has 5 heteroatoms. The van der Waals surface area contributed by atoms with E-state index in [0.717, 1.165) is 24.9 Å². The van der Waals surface area contributed by atoms with E-state index in [-0.39, 0.29) is 18.2 Å². The highest BCUT2D eigenvalue weighted by molar-refractivity contribution is 5.94. The summed E-state index contributed by atoms with van der Waals surface area (Å²) in [7, 11) is 0. The molecular formula is C23H35F2NO2. The second-order valence-electron chi connectivity index (χ2n) is 7.90. The van der Waals surface area contributed by atoms with Gasteiger partial charge < -0.3 is 9.64 Å². The van der Waals surface area contributed by atoms with Gasteiger partial charge in [0.15, 0.2) is 0 Å². The van der Waals surface area contributed by atoms with Crippen molar-refractivity contribution in [2.75, 3.05) is 18.1 Å². The van der Waals surface area contributed by atoms with E-state index in [2.05, 4.69) is 0 Å². The number of ether oxygens (including phenoxy) is 1. The Morgan fingerprint density at radius 1 is 1.21 bits per heavy atom. The minimum atomic E-state index is -2.58. The van der Waals surface area contributed by atoms with Crippen molar-refractivity contribution in [1.82, 2.24) is 0 Å². The predicted molar refractivity (Wildman–Crippen MR) is 110 cm³/mol. The van der Waals surface area contributed by atoms with E-state index in [4.69, 9.17) is 4.74 Å². The van der Waals surface area contributed by atoms with Gasteiger partial charge in [0, 0.05) is 25.3 Å². The fourth-order valence-corrected chi connectivity index (χ4v) is 4.14. The van der Waals surface area contributed by atoms with Gasteiger partial charge in [-0.3, -0.25) is 4.79 Å². The minimum Gasteiger partial charge on any atom is -0.492 e. The number of amides is 1. The number of hydrogen-bond donors (Lipinski definition) is 0. The number of para-hydroxylation sites is 2. The van der Waals surface area contributed by atoms with Crippen LogP contribution in [-0.2, 0) is 4.79 Å². The zero-order valence-electron chi connectivity index (χ0n) is 17.6. The van der Waals surface area contributed by atoms with Crippen molar-refractivity contribution >= 4 is 11.6 Å². The fourth-order valence-electron chi connectivity index (χ4n) is 4.14. The molecule has 2 atom stereocenters. The molecule has 28 heavy (non-hydrogen) atoms. The van der Waals surface area contributed by atoms with Crippen LogP contribution in [0, 0.1) is 11.8 Å². The van der Waals surface area contributed by atoms with Crippen LogP contribution in [-0.4, -0.2) is 25.0 Å². The first-order valence-corrected chi connectivity index (χ1v) is 10.8. The van der Waals surface area contributed by atoms with E-state index in [0.29, 0.717) is 44.6 Å². The van der Waals surface area contributed by atoms with Gasteiger partial charge in [-0.15, -0.1) is 0 Å². The lowest BCUT2D eigenvalue weighted by Gasteiger charge is -2.38. The lowest BCUT2D eigenvalue weighted by Crippen LogP contribution is -2.41. The molecule has 0 N–H and O–H groups in total. The molecule has 158 valence electrons. The number of halogens is 2. The van der Waals surface area contributed by atoms with Gasteiger partial charge in [-0.2, -0.15) is 0 Å². The highest BCUT2D eigenvalue weighted by atomic mass is 19.3. The van der Waals surface area contributed by atoms with Gasteiger partial charge in [-0.25, -0.2) is 8.78 Å². The Balaban J connectivity index is 2.20. The van der Waals surface area contributed by atoms with Crippen LogP contribution in [0.25, 0.3) is 0 Å². The molecule has 2 unspecified atom stereocenters. The molecule has 0 aromatic heterocycles. The Hall–Kier alpha value is -1.65. The van der Waals surface area contributed by atoms with Crippen LogP contribution in [0.2, 0.25) is 0 Å². The van der Waals surface area contributed by atoms with Crippen LogP contribution in [0.15, 0.2) is 24.3 Å². The molecular weight excluding hydrogens is 360 g/mol. The quantitative estimate of drug-likeness (QED) is 0.455. The molecule has 0 aliphatic heterocycles. The van der Waals surface area contributed by atoms with E-state index in [1.165, 1.54) is 0 Å². The van der Waals surface area contributed by atoms with Crippen molar-refractivity contribution < 1.29 is 18.3 Å². The topological polar surface area (TPSA) is 29.5 Å². The first kappa shape index (κ1) is 22.6. The first-order chi connectivity index (χ1) is 13.4. The van der Waals surface area contributed by atoms with Crippen LogP contribution in [0.1, 0.15) is 72.1 Å². The summed E-state index contributed by atoms with van der Waals surface area (Å²) in [5, 5.41) is 0. The van der Waals surface area contributed by atoms with Crippen molar-refractivity contribution in [1.29, 1.82) is 0 Å². The number of anilines is 1. The molecule has 1 aromatic rings. The third kappa shape index (κ3) is 5.92. The van der Waals surface area contributed by atoms with Crippen molar-refractivity contribution in [2.24, 2.45) is 11.8 Å². The molecule has 0 bridgehead atoms. The smallest absolute Gasteiger partial charge is 0.250 e. The zero-order valence-corrected chi connectivity index (χ0v) is 17.6. The van der Waals surface area contributed by atoms with Crippen molar-refractivity contribution in [3.05, 3.63) is 24.3 Å². The summed E-state index contributed by atoms with van der Waals surface area (Å²) in [6, 6.07) is 7.54. The molecule has 1 aliphatic rings. The molecule has 2 rings (SSSR count). The van der Waals surface area contributed by atoms with E-state index in [1.807, 2.05) is 45.0 Å². The number of benzene rings is 1. The molecule has 0 heterocycles. The molecule has 0 saturated heterocycles. The third-order valence-corrected chi connectivity index (χ3v) is 5.67. The number of carbonyl (C=O) groups excluding carboxylic acids is 1. The Kier molecular flexibility index (Phi) is 8.71. The van der Waals surface area contributed by atoms with Crippen LogP contribution in [0.4, 0.5) is 14.5 Å². The largest absolute Gasteiger partial charge is 0.492 e. The fraction of sp³-hybridized carbons (Fsp3) is 0.696. The summed E-state index contributed by atoms with van der Waals surface area (Å²) in [5.74, 6) is -2.34. The van der Waals surface area contributed by atoms with E-state index < -0.39 is 11.8 Å². The van der Waals surface area contributed by atoms with Gasteiger partial charge in [-0.1, -0.05) is 38.8 Å². The van der Waals surface area contributed by atoms with Crippen molar-refractivity contribution in [3.8, 4) is 5.75 Å². The summed E-state index contributed by atoms with van der Waals surface area (Å²) < 4.78 is 34.5. The van der Waals surface area contributed by atoms with Gasteiger partial charge >= 0.3 is 0 Å². The summed E-state index contributed by atoms with van der Waals surface area (Å²) >= 11 is 0. The molecule has 1 aromatic carbocycles. The van der Waals surface area contributed by atoms with Crippen LogP contribution in [0.3, 0.4) is 0 Å². The van der Waals surface area contributed by atoms with E-state index >= 15 is 0 Å². The molecule has 3 nitrogen and oxygen atoms in total. The maximum absolute atomic E-state index is 14.4. The Morgan fingerprint density at radius 3 is 2.64 bits per heavy atom. The first-order valence-electron chi connectivity index (χ1n) is 10.8. The number of rotatable bonds is 10. The molecule has 1 aliphatic carbocycles. The Labute approximate surface area is 168 Å². The monoisotopic (exact) mass is 395 g/mol. The number of carbonyl (C=O) groups is 1. The van der Waals surface area contributed by atoms with Crippen molar-refractivity contribution in [3.63, 3.8) is 0 Å². The van der Waals surface area contributed by atoms with Crippen LogP contribution >= 0.6 is 0 Å². The summed E-state index contributed by atoms with van der Waals surface area (Å²) in [6.45, 7) is 6.93. The van der Waals surface area contributed by atoms with Gasteiger partial charge in [0.25, 0.3) is 5.92 Å². The standard InChI is InChI=1S/C23H35F2NO2/c1-4-7-11-19-16-18(14-15-23(19,24)25)17-26(22(27)10-5-2)20-12-8-9-13-21(20)28-6-3/h8-9,12-13,18-19H,4-7,10-11,14-17H2,1-3H3. The number of alkyl halides is 2. The average Bonchev–Trinajstić information content (AvgIpc) is 2.67. The highest BCUT2D eigenvalue weighted by Crippen LogP contribution is 2.44. The second kappa shape index (κ2) is 10.8. The number of unbranched alkanes of at least 4 members (excludes halogenated alkanes) is 1. The predicted octanol–water partition coefficient (Wildman–Crippen LogP) is 6.46. The van der Waals surface area contributed by atoms with Crippen LogP contribution < -0.4 is 9.64 Å². The normalized spacial score (nSPS) is 21.3. The number of nitrogens with zero attached hydrogens (tertiary/aromatic N) is 1. The van der Waals surface area contributed by atoms with E-state index in [1.54, 1.807) is 4.90 Å². The third-order valence-electron chi connectivity index (χ3n) is 5.67. The number of hydrogen-bond acceptors (Lipinski definition) is 2. The molecule has 0 radical (unpaired) electrons. The summed E-state index contributed by atoms with van der Waals surface area (Å²) in [5.41, 5.74) is 0.755. The minimum absolute atomic E-state index is 0.0390. The van der Waals surface area contributed by atoms with Gasteiger partial charge in [0.05, 0.1) is 12.3 Å². The average molecular weight is 396 g/mol. The molecule has 1 fully saturated rings. The lowest BCUT2D eigenvalue weighted by molar-refractivity contribution is -0.119. The van der Waals surface area contributed by atoms with Crippen molar-refractivity contribution in [2.45, 2.75) is 78.1 Å². The molecule has 1 saturated carbocycles. The molecule has 0 spiro atoms. The van der Waals surface area contributed by atoms with E-state index in [9.17, 15) is 13.6 Å². The van der Waals surface area contributed by atoms with Gasteiger partial charge in [0.1, 0.15) is 5.75 Å². The summed E-state index contributed by atoms with van der Waals surface area (Å²) in [4.78, 5) is 14.7. The lowest BCUT2D eigenvalue weighted by atomic mass is 9.76. The van der Waals surface area contributed by atoms with Crippen LogP contribution in [0.5, 0.6) is 5.75 Å². The van der Waals surface area contributed by atoms with Gasteiger partial charge in [-0.05, 0) is 50.7 Å². The zero-order chi connectivity index (χ0) is 20.6. The second-order valence-corrected chi connectivity index (χ2v) is 7.90.